The van der Waals surface area contributed by atoms with Gasteiger partial charge >= 0.3 is 6.03 Å². The molecule has 1 aromatic heterocycles. The van der Waals surface area contributed by atoms with Crippen LogP contribution in [0.2, 0.25) is 0 Å². The van der Waals surface area contributed by atoms with Gasteiger partial charge in [0.05, 0.1) is 6.61 Å². The SMILES string of the molecule is O=C(Nc1ccccc1)N1CCCCN2[C@H](CO)[C@H](c3ccc(C#Cc4ccccn4)cc3)[C@H]2C1. The van der Waals surface area contributed by atoms with Crippen molar-refractivity contribution < 1.29 is 9.90 Å². The number of benzene rings is 2. The lowest BCUT2D eigenvalue weighted by Gasteiger charge is -2.57. The van der Waals surface area contributed by atoms with Crippen LogP contribution in [-0.4, -0.2) is 64.2 Å². The molecule has 0 unspecified atom stereocenters. The Balaban J connectivity index is 1.32. The maximum absolute atomic E-state index is 13.1. The molecule has 35 heavy (non-hydrogen) atoms. The van der Waals surface area contributed by atoms with Gasteiger partial charge in [0.25, 0.3) is 0 Å². The minimum Gasteiger partial charge on any atom is -0.395 e. The first-order chi connectivity index (χ1) is 17.2. The topological polar surface area (TPSA) is 68.7 Å². The number of rotatable bonds is 3. The molecule has 2 amide bonds. The van der Waals surface area contributed by atoms with Crippen molar-refractivity contribution in [3.8, 4) is 11.8 Å². The largest absolute Gasteiger partial charge is 0.395 e. The number of amides is 2. The second-order valence-electron chi connectivity index (χ2n) is 9.12. The monoisotopic (exact) mass is 466 g/mol. The third-order valence-corrected chi connectivity index (χ3v) is 6.98. The average molecular weight is 467 g/mol. The average Bonchev–Trinajstić information content (AvgIpc) is 2.88. The molecule has 2 saturated heterocycles. The first-order valence-electron chi connectivity index (χ1n) is 12.2. The van der Waals surface area contributed by atoms with Gasteiger partial charge in [-0.25, -0.2) is 9.78 Å². The van der Waals surface area contributed by atoms with Gasteiger partial charge in [-0.2, -0.15) is 0 Å². The molecule has 0 saturated carbocycles. The van der Waals surface area contributed by atoms with E-state index in [4.69, 9.17) is 0 Å². The van der Waals surface area contributed by atoms with Crippen molar-refractivity contribution in [1.29, 1.82) is 0 Å². The summed E-state index contributed by atoms with van der Waals surface area (Å²) < 4.78 is 0. The van der Waals surface area contributed by atoms with Crippen LogP contribution in [0.1, 0.15) is 35.6 Å². The Hall–Kier alpha value is -3.66. The van der Waals surface area contributed by atoms with E-state index in [-0.39, 0.29) is 30.6 Å². The molecule has 0 radical (unpaired) electrons. The van der Waals surface area contributed by atoms with E-state index in [1.807, 2.05) is 65.6 Å². The lowest BCUT2D eigenvalue weighted by atomic mass is 9.74. The van der Waals surface area contributed by atoms with E-state index in [2.05, 4.69) is 39.2 Å². The summed E-state index contributed by atoms with van der Waals surface area (Å²) in [6.07, 6.45) is 3.71. The number of nitrogens with one attached hydrogen (secondary N) is 1. The molecule has 0 bridgehead atoms. The predicted octanol–water partition coefficient (Wildman–Crippen LogP) is 3.94. The highest BCUT2D eigenvalue weighted by Gasteiger charge is 2.49. The lowest BCUT2D eigenvalue weighted by Crippen LogP contribution is -2.68. The molecule has 2 N–H and O–H groups in total. The van der Waals surface area contributed by atoms with Crippen molar-refractivity contribution in [3.05, 3.63) is 95.8 Å². The zero-order valence-corrected chi connectivity index (χ0v) is 19.7. The number of para-hydroxylation sites is 1. The molecule has 0 spiro atoms. The number of hydrogen-bond donors (Lipinski definition) is 2. The number of nitrogens with zero attached hydrogens (tertiary/aromatic N) is 3. The number of anilines is 1. The van der Waals surface area contributed by atoms with Gasteiger partial charge in [-0.1, -0.05) is 42.3 Å². The van der Waals surface area contributed by atoms with Gasteiger partial charge in [-0.15, -0.1) is 0 Å². The fourth-order valence-corrected chi connectivity index (χ4v) is 5.21. The zero-order chi connectivity index (χ0) is 24.0. The lowest BCUT2D eigenvalue weighted by molar-refractivity contribution is -0.0585. The van der Waals surface area contributed by atoms with Crippen molar-refractivity contribution in [2.45, 2.75) is 30.8 Å². The summed E-state index contributed by atoms with van der Waals surface area (Å²) in [7, 11) is 0. The van der Waals surface area contributed by atoms with E-state index in [0.717, 1.165) is 42.9 Å². The first-order valence-corrected chi connectivity index (χ1v) is 12.2. The Morgan fingerprint density at radius 3 is 2.49 bits per heavy atom. The Morgan fingerprint density at radius 1 is 0.971 bits per heavy atom. The Morgan fingerprint density at radius 2 is 1.74 bits per heavy atom. The number of fused-ring (bicyclic) bond motifs is 1. The van der Waals surface area contributed by atoms with Crippen molar-refractivity contribution >= 4 is 11.7 Å². The van der Waals surface area contributed by atoms with Gasteiger partial charge in [-0.05, 0) is 67.3 Å². The van der Waals surface area contributed by atoms with Crippen LogP contribution in [0.25, 0.3) is 0 Å². The number of carbonyl (C=O) groups is 1. The number of aliphatic hydroxyl groups is 1. The highest BCUT2D eigenvalue weighted by atomic mass is 16.3. The van der Waals surface area contributed by atoms with Crippen LogP contribution in [0.4, 0.5) is 10.5 Å². The molecule has 6 heteroatoms. The standard InChI is InChI=1S/C29H30N4O2/c34-21-27-28(23-14-11-22(12-15-23)13-16-24-8-4-5-17-30-24)26-20-32(18-6-7-19-33(26)27)29(35)31-25-9-2-1-3-10-25/h1-5,8-12,14-15,17,26-28,34H,6-7,18-21H2,(H,31,35)/t26-,27-,28-/m1/s1. The molecule has 2 aliphatic rings. The van der Waals surface area contributed by atoms with Gasteiger partial charge < -0.3 is 15.3 Å². The number of hydrogen-bond acceptors (Lipinski definition) is 4. The molecule has 5 rings (SSSR count). The summed E-state index contributed by atoms with van der Waals surface area (Å²) in [5.41, 5.74) is 3.66. The molecule has 2 fully saturated rings. The molecule has 3 aromatic rings. The fraction of sp³-hybridized carbons (Fsp3) is 0.310. The van der Waals surface area contributed by atoms with Gasteiger partial charge in [0.15, 0.2) is 0 Å². The van der Waals surface area contributed by atoms with Gasteiger partial charge in [0.1, 0.15) is 5.69 Å². The van der Waals surface area contributed by atoms with Gasteiger partial charge in [0.2, 0.25) is 0 Å². The fourth-order valence-electron chi connectivity index (χ4n) is 5.21. The highest BCUT2D eigenvalue weighted by Crippen LogP contribution is 2.42. The zero-order valence-electron chi connectivity index (χ0n) is 19.7. The molecule has 6 nitrogen and oxygen atoms in total. The predicted molar refractivity (Wildman–Crippen MR) is 137 cm³/mol. The Bertz CT molecular complexity index is 1190. The third kappa shape index (κ3) is 5.22. The van der Waals surface area contributed by atoms with Crippen molar-refractivity contribution in [3.63, 3.8) is 0 Å². The molecule has 3 atom stereocenters. The molecular formula is C29H30N4O2. The quantitative estimate of drug-likeness (QED) is 0.574. The van der Waals surface area contributed by atoms with Crippen molar-refractivity contribution in [2.75, 3.05) is 31.6 Å². The van der Waals surface area contributed by atoms with E-state index in [1.165, 1.54) is 5.56 Å². The van der Waals surface area contributed by atoms with Crippen molar-refractivity contribution in [2.24, 2.45) is 0 Å². The van der Waals surface area contributed by atoms with Gasteiger partial charge in [0, 0.05) is 48.5 Å². The molecular weight excluding hydrogens is 436 g/mol. The molecule has 3 heterocycles. The van der Waals surface area contributed by atoms with Crippen LogP contribution in [0.5, 0.6) is 0 Å². The molecule has 2 aliphatic heterocycles. The van der Waals surface area contributed by atoms with E-state index in [0.29, 0.717) is 6.54 Å². The summed E-state index contributed by atoms with van der Waals surface area (Å²) in [4.78, 5) is 21.6. The Kier molecular flexibility index (Phi) is 7.08. The van der Waals surface area contributed by atoms with Crippen LogP contribution >= 0.6 is 0 Å². The molecule has 0 aliphatic carbocycles. The maximum atomic E-state index is 13.1. The summed E-state index contributed by atoms with van der Waals surface area (Å²) in [6, 6.07) is 23.8. The van der Waals surface area contributed by atoms with Crippen LogP contribution in [0.3, 0.4) is 0 Å². The van der Waals surface area contributed by atoms with E-state index in [1.54, 1.807) is 6.20 Å². The van der Waals surface area contributed by atoms with Crippen LogP contribution < -0.4 is 5.32 Å². The third-order valence-electron chi connectivity index (χ3n) is 6.98. The number of urea groups is 1. The van der Waals surface area contributed by atoms with Gasteiger partial charge in [-0.3, -0.25) is 4.90 Å². The minimum atomic E-state index is -0.0654. The van der Waals surface area contributed by atoms with Crippen LogP contribution in [0, 0.1) is 11.8 Å². The van der Waals surface area contributed by atoms with Crippen molar-refractivity contribution in [1.82, 2.24) is 14.8 Å². The van der Waals surface area contributed by atoms with Crippen LogP contribution in [0.15, 0.2) is 79.0 Å². The summed E-state index contributed by atoms with van der Waals surface area (Å²) >= 11 is 0. The number of carbonyl (C=O) groups excluding carboxylic acids is 1. The number of aromatic nitrogens is 1. The number of pyridine rings is 1. The summed E-state index contributed by atoms with van der Waals surface area (Å²) in [6.45, 7) is 2.44. The highest BCUT2D eigenvalue weighted by molar-refractivity contribution is 5.89. The molecule has 2 aromatic carbocycles. The van der Waals surface area contributed by atoms with E-state index < -0.39 is 0 Å². The Labute approximate surface area is 206 Å². The smallest absolute Gasteiger partial charge is 0.321 e. The normalized spacial score (nSPS) is 22.0. The van der Waals surface area contributed by atoms with E-state index in [9.17, 15) is 9.90 Å². The maximum Gasteiger partial charge on any atom is 0.321 e. The second-order valence-corrected chi connectivity index (χ2v) is 9.12. The number of aliphatic hydroxyl groups excluding tert-OH is 1. The summed E-state index contributed by atoms with van der Waals surface area (Å²) in [5, 5.41) is 13.2. The first kappa shape index (κ1) is 23.1. The molecule has 178 valence electrons. The summed E-state index contributed by atoms with van der Waals surface area (Å²) in [5.74, 6) is 6.44. The van der Waals surface area contributed by atoms with E-state index >= 15 is 0 Å². The van der Waals surface area contributed by atoms with Crippen LogP contribution in [-0.2, 0) is 0 Å². The second kappa shape index (κ2) is 10.7. The minimum absolute atomic E-state index is 0.0654.